The molecule has 1 aliphatic rings. The highest BCUT2D eigenvalue weighted by atomic mass is 19.1. The summed E-state index contributed by atoms with van der Waals surface area (Å²) >= 11 is 0. The van der Waals surface area contributed by atoms with Crippen molar-refractivity contribution in [1.29, 1.82) is 0 Å². The highest BCUT2D eigenvalue weighted by Crippen LogP contribution is 2.34. The van der Waals surface area contributed by atoms with E-state index in [0.717, 1.165) is 25.5 Å². The third kappa shape index (κ3) is 2.18. The van der Waals surface area contributed by atoms with E-state index in [1.807, 2.05) is 4.90 Å². The van der Waals surface area contributed by atoms with E-state index in [1.54, 1.807) is 23.1 Å². The molecule has 1 saturated heterocycles. The van der Waals surface area contributed by atoms with Crippen molar-refractivity contribution in [2.45, 2.75) is 18.9 Å². The number of fused-ring (bicyclic) bond motifs is 1. The van der Waals surface area contributed by atoms with Gasteiger partial charge in [0.05, 0.1) is 12.2 Å². The first kappa shape index (κ1) is 13.1. The van der Waals surface area contributed by atoms with E-state index in [2.05, 4.69) is 15.1 Å². The zero-order valence-electron chi connectivity index (χ0n) is 11.7. The molecule has 1 atom stereocenters. The van der Waals surface area contributed by atoms with Gasteiger partial charge < -0.3 is 4.90 Å². The Balaban J connectivity index is 1.73. The van der Waals surface area contributed by atoms with Crippen LogP contribution in [0.1, 0.15) is 24.4 Å². The van der Waals surface area contributed by atoms with E-state index in [0.29, 0.717) is 17.2 Å². The van der Waals surface area contributed by atoms with Crippen molar-refractivity contribution in [2.24, 2.45) is 0 Å². The summed E-state index contributed by atoms with van der Waals surface area (Å²) in [6.07, 6.45) is 4.99. The molecule has 0 saturated carbocycles. The van der Waals surface area contributed by atoms with Gasteiger partial charge in [-0.15, -0.1) is 0 Å². The molecule has 0 amide bonds. The molecule has 0 aliphatic carbocycles. The number of aromatic nitrogens is 4. The van der Waals surface area contributed by atoms with Gasteiger partial charge in [0.15, 0.2) is 5.65 Å². The Hall–Kier alpha value is -2.57. The number of rotatable bonds is 2. The molecule has 1 fully saturated rings. The number of benzene rings is 1. The van der Waals surface area contributed by atoms with Crippen molar-refractivity contribution in [3.63, 3.8) is 0 Å². The van der Waals surface area contributed by atoms with Crippen molar-refractivity contribution in [2.75, 3.05) is 11.4 Å². The van der Waals surface area contributed by atoms with Crippen molar-refractivity contribution in [3.05, 3.63) is 54.0 Å². The summed E-state index contributed by atoms with van der Waals surface area (Å²) in [5.41, 5.74) is 1.31. The lowest BCUT2D eigenvalue weighted by molar-refractivity contribution is 0.572. The maximum atomic E-state index is 13.5. The van der Waals surface area contributed by atoms with Gasteiger partial charge in [0, 0.05) is 18.7 Å². The van der Waals surface area contributed by atoms with Gasteiger partial charge >= 0.3 is 0 Å². The largest absolute Gasteiger partial charge is 0.334 e. The summed E-state index contributed by atoms with van der Waals surface area (Å²) in [5.74, 6) is -0.566. The number of anilines is 1. The molecule has 0 bridgehead atoms. The predicted molar refractivity (Wildman–Crippen MR) is 76.5 cm³/mol. The van der Waals surface area contributed by atoms with Crippen LogP contribution in [0.15, 0.2) is 36.8 Å². The lowest BCUT2D eigenvalue weighted by Gasteiger charge is -2.25. The summed E-state index contributed by atoms with van der Waals surface area (Å²) < 4.78 is 28.5. The van der Waals surface area contributed by atoms with Gasteiger partial charge in [-0.25, -0.2) is 18.3 Å². The monoisotopic (exact) mass is 301 g/mol. The summed E-state index contributed by atoms with van der Waals surface area (Å²) in [4.78, 5) is 10.8. The minimum Gasteiger partial charge on any atom is -0.334 e. The normalized spacial score (nSPS) is 18.3. The Labute approximate surface area is 125 Å². The van der Waals surface area contributed by atoms with E-state index in [1.165, 1.54) is 12.1 Å². The second-order valence-electron chi connectivity index (χ2n) is 5.34. The number of hydrogen-bond acceptors (Lipinski definition) is 4. The van der Waals surface area contributed by atoms with E-state index in [-0.39, 0.29) is 6.04 Å². The molecule has 0 radical (unpaired) electrons. The van der Waals surface area contributed by atoms with Crippen molar-refractivity contribution < 1.29 is 8.78 Å². The van der Waals surface area contributed by atoms with E-state index < -0.39 is 11.6 Å². The third-order valence-electron chi connectivity index (χ3n) is 3.93. The summed E-state index contributed by atoms with van der Waals surface area (Å²) in [6.45, 7) is 0.757. The summed E-state index contributed by atoms with van der Waals surface area (Å²) in [7, 11) is 0. The standard InChI is InChI=1S/C15H13F2N5/c16-11-6-10(7-12(17)8-11)13-2-1-5-21(13)15-18-9-22-14(20-15)3-4-19-22/h3-4,6-9,13H,1-2,5H2. The molecule has 3 aromatic rings. The second kappa shape index (κ2) is 5.01. The van der Waals surface area contributed by atoms with Crippen LogP contribution in [0.25, 0.3) is 5.65 Å². The molecule has 7 heteroatoms. The lowest BCUT2D eigenvalue weighted by atomic mass is 10.0. The van der Waals surface area contributed by atoms with Crippen LogP contribution < -0.4 is 4.90 Å². The fourth-order valence-corrected chi connectivity index (χ4v) is 2.98. The predicted octanol–water partition coefficient (Wildman–Crippen LogP) is 2.74. The van der Waals surface area contributed by atoms with Gasteiger partial charge in [-0.3, -0.25) is 0 Å². The highest BCUT2D eigenvalue weighted by molar-refractivity contribution is 5.45. The molecule has 4 rings (SSSR count). The maximum absolute atomic E-state index is 13.5. The van der Waals surface area contributed by atoms with Crippen LogP contribution in [0.2, 0.25) is 0 Å². The van der Waals surface area contributed by atoms with Crippen LogP contribution >= 0.6 is 0 Å². The minimum absolute atomic E-state index is 0.115. The molecular formula is C15H13F2N5. The molecule has 22 heavy (non-hydrogen) atoms. The first-order valence-corrected chi connectivity index (χ1v) is 7.10. The van der Waals surface area contributed by atoms with Crippen molar-refractivity contribution in [1.82, 2.24) is 19.6 Å². The Kier molecular flexibility index (Phi) is 2.99. The Morgan fingerprint density at radius 2 is 1.95 bits per heavy atom. The molecule has 0 spiro atoms. The zero-order valence-corrected chi connectivity index (χ0v) is 11.7. The molecular weight excluding hydrogens is 288 g/mol. The molecule has 0 N–H and O–H groups in total. The SMILES string of the molecule is Fc1cc(F)cc(C2CCCN2c2ncn3nccc3n2)c1. The molecule has 112 valence electrons. The van der Waals surface area contributed by atoms with Crippen LogP contribution in [0.5, 0.6) is 0 Å². The smallest absolute Gasteiger partial charge is 0.229 e. The van der Waals surface area contributed by atoms with Gasteiger partial charge in [-0.2, -0.15) is 10.1 Å². The van der Waals surface area contributed by atoms with E-state index >= 15 is 0 Å². The average Bonchev–Trinajstić information content (AvgIpc) is 3.14. The number of halogens is 2. The van der Waals surface area contributed by atoms with Crippen LogP contribution in [-0.4, -0.2) is 26.1 Å². The molecule has 5 nitrogen and oxygen atoms in total. The van der Waals surface area contributed by atoms with Gasteiger partial charge in [0.25, 0.3) is 0 Å². The number of hydrogen-bond donors (Lipinski definition) is 0. The highest BCUT2D eigenvalue weighted by Gasteiger charge is 2.29. The van der Waals surface area contributed by atoms with E-state index in [9.17, 15) is 8.78 Å². The minimum atomic E-state index is -0.561. The van der Waals surface area contributed by atoms with Crippen LogP contribution in [-0.2, 0) is 0 Å². The first-order valence-electron chi connectivity index (χ1n) is 7.10. The first-order chi connectivity index (χ1) is 10.7. The fourth-order valence-electron chi connectivity index (χ4n) is 2.98. The fraction of sp³-hybridized carbons (Fsp3) is 0.267. The third-order valence-corrected chi connectivity index (χ3v) is 3.93. The van der Waals surface area contributed by atoms with Gasteiger partial charge in [-0.1, -0.05) is 0 Å². The Morgan fingerprint density at radius 3 is 2.77 bits per heavy atom. The second-order valence-corrected chi connectivity index (χ2v) is 5.34. The van der Waals surface area contributed by atoms with Crippen LogP contribution in [0.4, 0.5) is 14.7 Å². The summed E-state index contributed by atoms with van der Waals surface area (Å²) in [5, 5.41) is 4.06. The Bertz CT molecular complexity index is 811. The Morgan fingerprint density at radius 1 is 1.14 bits per heavy atom. The lowest BCUT2D eigenvalue weighted by Crippen LogP contribution is -2.25. The van der Waals surface area contributed by atoms with E-state index in [4.69, 9.17) is 0 Å². The molecule has 1 unspecified atom stereocenters. The molecule has 1 aromatic carbocycles. The van der Waals surface area contributed by atoms with Gasteiger partial charge in [0.1, 0.15) is 18.0 Å². The van der Waals surface area contributed by atoms with Crippen LogP contribution in [0, 0.1) is 11.6 Å². The average molecular weight is 301 g/mol. The maximum Gasteiger partial charge on any atom is 0.229 e. The molecule has 1 aliphatic heterocycles. The topological polar surface area (TPSA) is 46.3 Å². The van der Waals surface area contributed by atoms with Crippen LogP contribution in [0.3, 0.4) is 0 Å². The van der Waals surface area contributed by atoms with Gasteiger partial charge in [0.2, 0.25) is 5.95 Å². The number of nitrogens with zero attached hydrogens (tertiary/aromatic N) is 5. The van der Waals surface area contributed by atoms with Crippen molar-refractivity contribution >= 4 is 11.6 Å². The zero-order chi connectivity index (χ0) is 15.1. The molecule has 3 heterocycles. The summed E-state index contributed by atoms with van der Waals surface area (Å²) in [6, 6.07) is 5.32. The van der Waals surface area contributed by atoms with Crippen molar-refractivity contribution in [3.8, 4) is 0 Å². The molecule has 2 aromatic heterocycles. The quantitative estimate of drug-likeness (QED) is 0.730. The van der Waals surface area contributed by atoms with Gasteiger partial charge in [-0.05, 0) is 30.5 Å².